The van der Waals surface area contributed by atoms with Gasteiger partial charge < -0.3 is 15.0 Å². The van der Waals surface area contributed by atoms with E-state index in [0.717, 1.165) is 49.6 Å². The van der Waals surface area contributed by atoms with E-state index in [-0.39, 0.29) is 0 Å². The van der Waals surface area contributed by atoms with Gasteiger partial charge in [-0.15, -0.1) is 0 Å². The Morgan fingerprint density at radius 1 is 0.921 bits per heavy atom. The number of hydrogen-bond acceptors (Lipinski definition) is 7. The van der Waals surface area contributed by atoms with E-state index in [1.165, 1.54) is 5.56 Å². The molecule has 2 heterocycles. The molecule has 0 spiro atoms. The molecule has 0 saturated carbocycles. The Morgan fingerprint density at radius 2 is 1.58 bits per heavy atom. The Kier molecular flexibility index (Phi) is 7.76. The molecule has 4 aromatic rings. The fourth-order valence-electron chi connectivity index (χ4n) is 4.67. The van der Waals surface area contributed by atoms with Gasteiger partial charge in [-0.05, 0) is 35.4 Å². The molecule has 8 nitrogen and oxygen atoms in total. The van der Waals surface area contributed by atoms with Gasteiger partial charge in [0.15, 0.2) is 11.7 Å². The van der Waals surface area contributed by atoms with Gasteiger partial charge >= 0.3 is 0 Å². The van der Waals surface area contributed by atoms with Crippen molar-refractivity contribution in [2.24, 2.45) is 0 Å². The third-order valence-electron chi connectivity index (χ3n) is 6.79. The first-order valence-electron chi connectivity index (χ1n) is 12.7. The Labute approximate surface area is 222 Å². The molecular formula is C30H30N6O2. The minimum absolute atomic E-state index is 0.301. The number of fused-ring (bicyclic) bond motifs is 1. The van der Waals surface area contributed by atoms with E-state index in [1.807, 2.05) is 54.6 Å². The number of ether oxygens (including phenoxy) is 1. The standard InChI is InChI=1S/C30H30N6O2/c1-38-24-13-11-22(12-14-24)20-32-30(37)25(19-31)28-29(34-27-10-6-5-9-26(27)33-28)36-17-15-35(16-18-36)21-23-7-3-2-4-8-23/h2-14,25H,15-18,20-21H2,1H3,(H,32,37)/t25-/m0/s1. The fourth-order valence-corrected chi connectivity index (χ4v) is 4.67. The van der Waals surface area contributed by atoms with Crippen molar-refractivity contribution < 1.29 is 9.53 Å². The van der Waals surface area contributed by atoms with Crippen molar-refractivity contribution in [3.8, 4) is 11.8 Å². The molecule has 1 aliphatic rings. The lowest BCUT2D eigenvalue weighted by atomic mass is 10.0. The van der Waals surface area contributed by atoms with Crippen LogP contribution in [0.1, 0.15) is 22.7 Å². The summed E-state index contributed by atoms with van der Waals surface area (Å²) >= 11 is 0. The Hall–Kier alpha value is -4.48. The first-order valence-corrected chi connectivity index (χ1v) is 12.7. The Bertz CT molecular complexity index is 1430. The molecule has 1 N–H and O–H groups in total. The van der Waals surface area contributed by atoms with E-state index in [4.69, 9.17) is 14.7 Å². The molecule has 1 saturated heterocycles. The maximum Gasteiger partial charge on any atom is 0.243 e. The number of nitrogens with zero attached hydrogens (tertiary/aromatic N) is 5. The molecule has 38 heavy (non-hydrogen) atoms. The topological polar surface area (TPSA) is 94.4 Å². The highest BCUT2D eigenvalue weighted by molar-refractivity contribution is 5.88. The summed E-state index contributed by atoms with van der Waals surface area (Å²) in [5, 5.41) is 13.0. The highest BCUT2D eigenvalue weighted by Gasteiger charge is 2.30. The number of hydrogen-bond donors (Lipinski definition) is 1. The maximum absolute atomic E-state index is 13.2. The summed E-state index contributed by atoms with van der Waals surface area (Å²) in [6.45, 7) is 4.36. The average Bonchev–Trinajstić information content (AvgIpc) is 2.97. The van der Waals surface area contributed by atoms with Crippen molar-refractivity contribution in [1.82, 2.24) is 20.2 Å². The summed E-state index contributed by atoms with van der Waals surface area (Å²) in [6.07, 6.45) is 0. The SMILES string of the molecule is COc1ccc(CNC(=O)[C@@H](C#N)c2nc3ccccc3nc2N2CCN(Cc3ccccc3)CC2)cc1. The molecule has 0 radical (unpaired) electrons. The van der Waals surface area contributed by atoms with Crippen molar-refractivity contribution in [2.45, 2.75) is 19.0 Å². The number of nitriles is 1. The van der Waals surface area contributed by atoms with Gasteiger partial charge in [-0.3, -0.25) is 9.69 Å². The molecule has 3 aromatic carbocycles. The summed E-state index contributed by atoms with van der Waals surface area (Å²) in [5.41, 5.74) is 4.00. The monoisotopic (exact) mass is 506 g/mol. The van der Waals surface area contributed by atoms with E-state index in [0.29, 0.717) is 23.6 Å². The molecule has 8 heteroatoms. The zero-order valence-corrected chi connectivity index (χ0v) is 21.4. The maximum atomic E-state index is 13.2. The van der Waals surface area contributed by atoms with Gasteiger partial charge in [0.2, 0.25) is 5.91 Å². The minimum atomic E-state index is -1.08. The lowest BCUT2D eigenvalue weighted by Gasteiger charge is -2.36. The Morgan fingerprint density at radius 3 is 2.24 bits per heavy atom. The lowest BCUT2D eigenvalue weighted by Crippen LogP contribution is -2.47. The number of methoxy groups -OCH3 is 1. The van der Waals surface area contributed by atoms with Gasteiger partial charge in [-0.2, -0.15) is 5.26 Å². The number of aromatic nitrogens is 2. The molecular weight excluding hydrogens is 476 g/mol. The fraction of sp³-hybridized carbons (Fsp3) is 0.267. The lowest BCUT2D eigenvalue weighted by molar-refractivity contribution is -0.121. The highest BCUT2D eigenvalue weighted by Crippen LogP contribution is 2.28. The van der Waals surface area contributed by atoms with Crippen molar-refractivity contribution in [2.75, 3.05) is 38.2 Å². The molecule has 0 bridgehead atoms. The molecule has 192 valence electrons. The van der Waals surface area contributed by atoms with Crippen LogP contribution in [-0.4, -0.2) is 54.1 Å². The van der Waals surface area contributed by atoms with Crippen LogP contribution >= 0.6 is 0 Å². The van der Waals surface area contributed by atoms with Gasteiger partial charge in [0.1, 0.15) is 11.4 Å². The molecule has 1 aromatic heterocycles. The van der Waals surface area contributed by atoms with Gasteiger partial charge in [-0.1, -0.05) is 54.6 Å². The smallest absolute Gasteiger partial charge is 0.243 e. The molecule has 5 rings (SSSR count). The number of nitrogens with one attached hydrogen (secondary N) is 1. The molecule has 0 unspecified atom stereocenters. The number of piperazine rings is 1. The number of amides is 1. The zero-order chi connectivity index (χ0) is 26.3. The normalized spacial score (nSPS) is 14.6. The summed E-state index contributed by atoms with van der Waals surface area (Å²) < 4.78 is 5.20. The number of anilines is 1. The van der Waals surface area contributed by atoms with Crippen LogP contribution in [0.2, 0.25) is 0 Å². The van der Waals surface area contributed by atoms with E-state index in [1.54, 1.807) is 7.11 Å². The van der Waals surface area contributed by atoms with Crippen LogP contribution in [0.3, 0.4) is 0 Å². The van der Waals surface area contributed by atoms with E-state index < -0.39 is 11.8 Å². The number of para-hydroxylation sites is 2. The van der Waals surface area contributed by atoms with Gasteiger partial charge in [-0.25, -0.2) is 9.97 Å². The van der Waals surface area contributed by atoms with E-state index in [9.17, 15) is 10.1 Å². The van der Waals surface area contributed by atoms with E-state index in [2.05, 4.69) is 45.5 Å². The van der Waals surface area contributed by atoms with Crippen molar-refractivity contribution in [1.29, 1.82) is 5.26 Å². The average molecular weight is 507 g/mol. The summed E-state index contributed by atoms with van der Waals surface area (Å²) in [6, 6.07) is 27.6. The number of rotatable bonds is 8. The molecule has 0 aliphatic carbocycles. The number of carbonyl (C=O) groups excluding carboxylic acids is 1. The minimum Gasteiger partial charge on any atom is -0.497 e. The summed E-state index contributed by atoms with van der Waals surface area (Å²) in [7, 11) is 1.61. The summed E-state index contributed by atoms with van der Waals surface area (Å²) in [5.74, 6) is -0.122. The van der Waals surface area contributed by atoms with E-state index >= 15 is 0 Å². The van der Waals surface area contributed by atoms with Crippen LogP contribution in [0.5, 0.6) is 5.75 Å². The second-order valence-electron chi connectivity index (χ2n) is 9.30. The molecule has 1 aliphatic heterocycles. The second kappa shape index (κ2) is 11.7. The third kappa shape index (κ3) is 5.74. The van der Waals surface area contributed by atoms with Crippen molar-refractivity contribution in [3.05, 3.63) is 95.7 Å². The predicted molar refractivity (Wildman–Crippen MR) is 147 cm³/mol. The highest BCUT2D eigenvalue weighted by atomic mass is 16.5. The quantitative estimate of drug-likeness (QED) is 0.388. The van der Waals surface area contributed by atoms with Crippen LogP contribution < -0.4 is 15.0 Å². The molecule has 1 amide bonds. The second-order valence-corrected chi connectivity index (χ2v) is 9.30. The number of benzene rings is 3. The first kappa shape index (κ1) is 25.2. The van der Waals surface area contributed by atoms with Crippen molar-refractivity contribution in [3.63, 3.8) is 0 Å². The van der Waals surface area contributed by atoms with Crippen LogP contribution in [-0.2, 0) is 17.9 Å². The Balaban J connectivity index is 1.35. The third-order valence-corrected chi connectivity index (χ3v) is 6.79. The molecule has 1 fully saturated rings. The van der Waals surface area contributed by atoms with Gasteiger partial charge in [0, 0.05) is 39.3 Å². The van der Waals surface area contributed by atoms with Gasteiger partial charge in [0.05, 0.1) is 24.2 Å². The van der Waals surface area contributed by atoms with Crippen LogP contribution in [0.15, 0.2) is 78.9 Å². The van der Waals surface area contributed by atoms with Crippen molar-refractivity contribution >= 4 is 22.8 Å². The summed E-state index contributed by atoms with van der Waals surface area (Å²) in [4.78, 5) is 27.5. The largest absolute Gasteiger partial charge is 0.497 e. The van der Waals surface area contributed by atoms with Crippen LogP contribution in [0.4, 0.5) is 5.82 Å². The molecule has 1 atom stereocenters. The zero-order valence-electron chi connectivity index (χ0n) is 21.4. The predicted octanol–water partition coefficient (Wildman–Crippen LogP) is 3.88. The van der Waals surface area contributed by atoms with Gasteiger partial charge in [0.25, 0.3) is 0 Å². The number of carbonyl (C=O) groups is 1. The van der Waals surface area contributed by atoms with Crippen LogP contribution in [0.25, 0.3) is 11.0 Å². The van der Waals surface area contributed by atoms with Crippen LogP contribution in [0, 0.1) is 11.3 Å². The first-order chi connectivity index (χ1) is 18.6.